The molecule has 166 valence electrons. The van der Waals surface area contributed by atoms with E-state index >= 15 is 0 Å². The van der Waals surface area contributed by atoms with Gasteiger partial charge in [-0.05, 0) is 38.2 Å². The summed E-state index contributed by atoms with van der Waals surface area (Å²) in [6.07, 6.45) is 4.69. The number of fused-ring (bicyclic) bond motifs is 1. The third kappa shape index (κ3) is 4.56. The van der Waals surface area contributed by atoms with E-state index in [0.29, 0.717) is 17.9 Å². The molecular formula is C22H28N4O5. The molecule has 2 aromatic rings. The zero-order chi connectivity index (χ0) is 22.0. The minimum atomic E-state index is -0.484. The quantitative estimate of drug-likeness (QED) is 0.675. The number of carbonyl (C=O) groups is 3. The number of amides is 3. The van der Waals surface area contributed by atoms with E-state index in [9.17, 15) is 14.4 Å². The molecule has 1 aromatic heterocycles. The first kappa shape index (κ1) is 21.3. The number of ether oxygens (including phenoxy) is 2. The highest BCUT2D eigenvalue weighted by atomic mass is 16.5. The minimum absolute atomic E-state index is 0.0950. The highest BCUT2D eigenvalue weighted by molar-refractivity contribution is 6.03. The number of aromatic nitrogens is 2. The van der Waals surface area contributed by atoms with Crippen molar-refractivity contribution in [2.24, 2.45) is 7.05 Å². The molecule has 3 amide bonds. The molecule has 0 bridgehead atoms. The Balaban J connectivity index is 1.44. The van der Waals surface area contributed by atoms with Crippen molar-refractivity contribution >= 4 is 28.6 Å². The molecule has 2 heterocycles. The highest BCUT2D eigenvalue weighted by Gasteiger charge is 2.32. The number of hydrogen-bond acceptors (Lipinski definition) is 6. The van der Waals surface area contributed by atoms with Crippen molar-refractivity contribution in [2.75, 3.05) is 13.7 Å². The van der Waals surface area contributed by atoms with E-state index in [-0.39, 0.29) is 42.9 Å². The van der Waals surface area contributed by atoms with Crippen LogP contribution >= 0.6 is 0 Å². The number of rotatable bonds is 6. The van der Waals surface area contributed by atoms with Gasteiger partial charge in [-0.25, -0.2) is 0 Å². The van der Waals surface area contributed by atoms with Crippen LogP contribution < -0.4 is 15.4 Å². The van der Waals surface area contributed by atoms with Crippen LogP contribution in [-0.4, -0.2) is 53.4 Å². The fraction of sp³-hybridized carbons (Fsp3) is 0.545. The van der Waals surface area contributed by atoms with E-state index in [0.717, 1.165) is 36.6 Å². The van der Waals surface area contributed by atoms with E-state index in [1.807, 2.05) is 12.1 Å². The van der Waals surface area contributed by atoms with Crippen LogP contribution in [0.2, 0.25) is 0 Å². The highest BCUT2D eigenvalue weighted by Crippen LogP contribution is 2.34. The Kier molecular flexibility index (Phi) is 6.22. The lowest BCUT2D eigenvalue weighted by Crippen LogP contribution is -2.41. The Labute approximate surface area is 180 Å². The number of hydrogen-bond donors (Lipinski definition) is 2. The number of aryl methyl sites for hydroxylation is 1. The zero-order valence-electron chi connectivity index (χ0n) is 17.8. The molecule has 0 spiro atoms. The maximum atomic E-state index is 12.4. The van der Waals surface area contributed by atoms with Gasteiger partial charge in [-0.3, -0.25) is 24.4 Å². The van der Waals surface area contributed by atoms with Crippen LogP contribution in [0.4, 0.5) is 0 Å². The van der Waals surface area contributed by atoms with Crippen LogP contribution in [0.3, 0.4) is 0 Å². The van der Waals surface area contributed by atoms with Crippen LogP contribution in [-0.2, 0) is 26.2 Å². The fourth-order valence-electron chi connectivity index (χ4n) is 4.51. The molecule has 0 radical (unpaired) electrons. The first-order valence-electron chi connectivity index (χ1n) is 10.7. The van der Waals surface area contributed by atoms with Gasteiger partial charge in [0.1, 0.15) is 11.3 Å². The summed E-state index contributed by atoms with van der Waals surface area (Å²) in [7, 11) is 3.50. The molecule has 1 aliphatic carbocycles. The molecule has 31 heavy (non-hydrogen) atoms. The predicted octanol–water partition coefficient (Wildman–Crippen LogP) is 1.55. The van der Waals surface area contributed by atoms with Crippen molar-refractivity contribution in [2.45, 2.75) is 56.6 Å². The second kappa shape index (κ2) is 9.05. The summed E-state index contributed by atoms with van der Waals surface area (Å²) in [6, 6.07) is 5.63. The standard InChI is InChI=1S/C22H28N4O5/c1-26-21-15(20(25-26)16-10-11-18(27)24-22(16)29)4-3-5-17(21)31-12-19(28)23-13-6-8-14(30-2)9-7-13/h3-5,13-14,16H,6-12H2,1-2H3,(H,23,28)(H,24,27,29). The Morgan fingerprint density at radius 2 is 2.00 bits per heavy atom. The molecular weight excluding hydrogens is 400 g/mol. The number of nitrogens with zero attached hydrogens (tertiary/aromatic N) is 2. The van der Waals surface area contributed by atoms with Crippen LogP contribution in [0.5, 0.6) is 5.75 Å². The number of imide groups is 1. The average Bonchev–Trinajstić information content (AvgIpc) is 3.10. The van der Waals surface area contributed by atoms with E-state index in [4.69, 9.17) is 9.47 Å². The number of methoxy groups -OCH3 is 1. The summed E-state index contributed by atoms with van der Waals surface area (Å²) in [5.41, 5.74) is 1.34. The fourth-order valence-corrected chi connectivity index (χ4v) is 4.51. The lowest BCUT2D eigenvalue weighted by Gasteiger charge is -2.28. The molecule has 1 saturated heterocycles. The smallest absolute Gasteiger partial charge is 0.258 e. The molecule has 1 saturated carbocycles. The Hall–Kier alpha value is -2.94. The van der Waals surface area contributed by atoms with Gasteiger partial charge in [0, 0.05) is 32.0 Å². The van der Waals surface area contributed by atoms with Gasteiger partial charge in [0.2, 0.25) is 11.8 Å². The van der Waals surface area contributed by atoms with Gasteiger partial charge in [-0.1, -0.05) is 12.1 Å². The van der Waals surface area contributed by atoms with E-state index in [1.54, 1.807) is 24.9 Å². The summed E-state index contributed by atoms with van der Waals surface area (Å²) >= 11 is 0. The number of piperidine rings is 1. The van der Waals surface area contributed by atoms with Crippen molar-refractivity contribution in [3.05, 3.63) is 23.9 Å². The van der Waals surface area contributed by atoms with E-state index in [1.165, 1.54) is 0 Å². The number of para-hydroxylation sites is 1. The molecule has 2 fully saturated rings. The Bertz CT molecular complexity index is 993. The monoisotopic (exact) mass is 428 g/mol. The Morgan fingerprint density at radius 3 is 2.71 bits per heavy atom. The first-order valence-corrected chi connectivity index (χ1v) is 10.7. The van der Waals surface area contributed by atoms with Crippen molar-refractivity contribution in [1.29, 1.82) is 0 Å². The van der Waals surface area contributed by atoms with Crippen LogP contribution in [0.15, 0.2) is 18.2 Å². The lowest BCUT2D eigenvalue weighted by atomic mass is 9.93. The second-order valence-corrected chi connectivity index (χ2v) is 8.23. The zero-order valence-corrected chi connectivity index (χ0v) is 17.8. The molecule has 1 atom stereocenters. The molecule has 1 aliphatic heterocycles. The van der Waals surface area contributed by atoms with Gasteiger partial charge in [0.05, 0.1) is 17.7 Å². The van der Waals surface area contributed by atoms with Gasteiger partial charge in [-0.15, -0.1) is 0 Å². The summed E-state index contributed by atoms with van der Waals surface area (Å²) in [5.74, 6) is -0.700. The van der Waals surface area contributed by atoms with Crippen LogP contribution in [0.1, 0.15) is 50.1 Å². The topological polar surface area (TPSA) is 112 Å². The largest absolute Gasteiger partial charge is 0.482 e. The van der Waals surface area contributed by atoms with Gasteiger partial charge >= 0.3 is 0 Å². The summed E-state index contributed by atoms with van der Waals surface area (Å²) in [4.78, 5) is 36.2. The van der Waals surface area contributed by atoms with Gasteiger partial charge in [0.25, 0.3) is 5.91 Å². The molecule has 9 nitrogen and oxygen atoms in total. The number of carbonyl (C=O) groups excluding carboxylic acids is 3. The molecule has 9 heteroatoms. The third-order valence-electron chi connectivity index (χ3n) is 6.16. The van der Waals surface area contributed by atoms with Crippen molar-refractivity contribution < 1.29 is 23.9 Å². The van der Waals surface area contributed by atoms with Crippen molar-refractivity contribution in [3.8, 4) is 5.75 Å². The summed E-state index contributed by atoms with van der Waals surface area (Å²) in [6.45, 7) is -0.0950. The normalized spacial score (nSPS) is 24.1. The SMILES string of the molecule is COC1CCC(NC(=O)COc2cccc3c(C4CCC(=O)NC4=O)nn(C)c23)CC1. The van der Waals surface area contributed by atoms with Gasteiger partial charge < -0.3 is 14.8 Å². The van der Waals surface area contributed by atoms with E-state index in [2.05, 4.69) is 15.7 Å². The summed E-state index contributed by atoms with van der Waals surface area (Å²) in [5, 5.41) is 10.7. The molecule has 2 aliphatic rings. The first-order chi connectivity index (χ1) is 15.0. The number of benzene rings is 1. The molecule has 4 rings (SSSR count). The number of nitrogens with one attached hydrogen (secondary N) is 2. The maximum Gasteiger partial charge on any atom is 0.258 e. The lowest BCUT2D eigenvalue weighted by molar-refractivity contribution is -0.134. The average molecular weight is 428 g/mol. The summed E-state index contributed by atoms with van der Waals surface area (Å²) < 4.78 is 12.9. The van der Waals surface area contributed by atoms with Crippen LogP contribution in [0.25, 0.3) is 10.9 Å². The van der Waals surface area contributed by atoms with Gasteiger partial charge in [0.15, 0.2) is 6.61 Å². The third-order valence-corrected chi connectivity index (χ3v) is 6.16. The minimum Gasteiger partial charge on any atom is -0.482 e. The van der Waals surface area contributed by atoms with E-state index < -0.39 is 5.92 Å². The maximum absolute atomic E-state index is 12.4. The molecule has 1 aromatic carbocycles. The Morgan fingerprint density at radius 1 is 1.23 bits per heavy atom. The molecule has 2 N–H and O–H groups in total. The van der Waals surface area contributed by atoms with Crippen molar-refractivity contribution in [1.82, 2.24) is 20.4 Å². The molecule has 1 unspecified atom stereocenters. The van der Waals surface area contributed by atoms with Crippen molar-refractivity contribution in [3.63, 3.8) is 0 Å². The van der Waals surface area contributed by atoms with Gasteiger partial charge in [-0.2, -0.15) is 5.10 Å². The van der Waals surface area contributed by atoms with Crippen LogP contribution in [0, 0.1) is 0 Å². The second-order valence-electron chi connectivity index (χ2n) is 8.23. The predicted molar refractivity (Wildman–Crippen MR) is 113 cm³/mol.